The smallest absolute Gasteiger partial charge is 0.131 e. The van der Waals surface area contributed by atoms with E-state index in [1.807, 2.05) is 12.1 Å². The Morgan fingerprint density at radius 1 is 1.31 bits per heavy atom. The molecule has 0 saturated carbocycles. The molecule has 0 aromatic heterocycles. The Kier molecular flexibility index (Phi) is 3.76. The molecule has 0 heterocycles. The second-order valence-electron chi connectivity index (χ2n) is 4.16. The van der Waals surface area contributed by atoms with Crippen molar-refractivity contribution in [3.05, 3.63) is 47.2 Å². The fraction of sp³-hybridized carbons (Fsp3) is 0.357. The molecule has 1 aliphatic rings. The minimum atomic E-state index is 1.01. The van der Waals surface area contributed by atoms with E-state index in [1.165, 1.54) is 18.4 Å². The molecule has 0 atom stereocenters. The van der Waals surface area contributed by atoms with E-state index in [1.54, 1.807) is 6.21 Å². The first-order valence-corrected chi connectivity index (χ1v) is 5.81. The minimum Gasteiger partial charge on any atom is -0.362 e. The highest BCUT2D eigenvalue weighted by Crippen LogP contribution is 2.18. The highest BCUT2D eigenvalue weighted by atomic mass is 16.6. The monoisotopic (exact) mass is 215 g/mol. The first-order chi connectivity index (χ1) is 7.84. The van der Waals surface area contributed by atoms with Crippen LogP contribution in [0.1, 0.15) is 36.8 Å². The van der Waals surface area contributed by atoms with Crippen LogP contribution in [-0.2, 0) is 4.84 Å². The van der Waals surface area contributed by atoms with Gasteiger partial charge >= 0.3 is 0 Å². The van der Waals surface area contributed by atoms with Gasteiger partial charge in [-0.1, -0.05) is 35.0 Å². The van der Waals surface area contributed by atoms with E-state index in [2.05, 4.69) is 30.3 Å². The van der Waals surface area contributed by atoms with Crippen LogP contribution in [-0.4, -0.2) is 6.21 Å². The van der Waals surface area contributed by atoms with Gasteiger partial charge in [0.1, 0.15) is 5.76 Å². The molecule has 1 aromatic carbocycles. The fourth-order valence-corrected chi connectivity index (χ4v) is 1.80. The number of oxime groups is 1. The lowest BCUT2D eigenvalue weighted by Crippen LogP contribution is -1.93. The highest BCUT2D eigenvalue weighted by Gasteiger charge is 2.03. The van der Waals surface area contributed by atoms with Crippen LogP contribution in [0.3, 0.4) is 0 Å². The summed E-state index contributed by atoms with van der Waals surface area (Å²) in [5.41, 5.74) is 2.32. The van der Waals surface area contributed by atoms with Crippen LogP contribution in [0.5, 0.6) is 0 Å². The maximum atomic E-state index is 5.36. The molecule has 0 N–H and O–H groups in total. The molecule has 0 saturated heterocycles. The third-order valence-corrected chi connectivity index (χ3v) is 2.66. The molecule has 1 aliphatic carbocycles. The average Bonchev–Trinajstić information content (AvgIpc) is 2.30. The maximum Gasteiger partial charge on any atom is 0.131 e. The molecule has 0 bridgehead atoms. The molecule has 0 amide bonds. The quantitative estimate of drug-likeness (QED) is 0.555. The first kappa shape index (κ1) is 10.9. The van der Waals surface area contributed by atoms with Crippen LogP contribution in [0, 0.1) is 6.92 Å². The van der Waals surface area contributed by atoms with Crippen molar-refractivity contribution in [2.75, 3.05) is 0 Å². The number of aryl methyl sites for hydroxylation is 1. The van der Waals surface area contributed by atoms with Crippen molar-refractivity contribution < 1.29 is 4.84 Å². The molecule has 0 radical (unpaired) electrons. The fourth-order valence-electron chi connectivity index (χ4n) is 1.80. The van der Waals surface area contributed by atoms with Crippen LogP contribution in [0.25, 0.3) is 0 Å². The van der Waals surface area contributed by atoms with Crippen molar-refractivity contribution in [1.82, 2.24) is 0 Å². The van der Waals surface area contributed by atoms with Crippen molar-refractivity contribution in [3.8, 4) is 0 Å². The number of allylic oxidation sites excluding steroid dienone is 2. The van der Waals surface area contributed by atoms with Gasteiger partial charge in [-0.25, -0.2) is 0 Å². The van der Waals surface area contributed by atoms with Gasteiger partial charge in [0.2, 0.25) is 0 Å². The Hall–Kier alpha value is -1.57. The third kappa shape index (κ3) is 3.23. The summed E-state index contributed by atoms with van der Waals surface area (Å²) >= 11 is 0. The molecule has 2 rings (SSSR count). The summed E-state index contributed by atoms with van der Waals surface area (Å²) in [5.74, 6) is 1.01. The second-order valence-corrected chi connectivity index (χ2v) is 4.16. The zero-order chi connectivity index (χ0) is 11.2. The number of nitrogens with zero attached hydrogens (tertiary/aromatic N) is 1. The molecule has 16 heavy (non-hydrogen) atoms. The Bertz CT molecular complexity index is 407. The van der Waals surface area contributed by atoms with Gasteiger partial charge in [-0.05, 0) is 37.8 Å². The van der Waals surface area contributed by atoms with Crippen molar-refractivity contribution >= 4 is 6.21 Å². The standard InChI is InChI=1S/C14H17NO/c1-12-6-5-7-13(10-12)11-15-16-14-8-3-2-4-9-14/h5-8,10-11H,2-4,9H2,1H3. The van der Waals surface area contributed by atoms with E-state index in [-0.39, 0.29) is 0 Å². The Morgan fingerprint density at radius 2 is 2.25 bits per heavy atom. The summed E-state index contributed by atoms with van der Waals surface area (Å²) in [7, 11) is 0. The van der Waals surface area contributed by atoms with Gasteiger partial charge in [0.15, 0.2) is 0 Å². The summed E-state index contributed by atoms with van der Waals surface area (Å²) < 4.78 is 0. The van der Waals surface area contributed by atoms with Crippen LogP contribution in [0.15, 0.2) is 41.3 Å². The molecule has 84 valence electrons. The van der Waals surface area contributed by atoms with Crippen LogP contribution in [0.2, 0.25) is 0 Å². The number of hydrogen-bond donors (Lipinski definition) is 0. The maximum absolute atomic E-state index is 5.36. The van der Waals surface area contributed by atoms with E-state index >= 15 is 0 Å². The molecule has 1 aromatic rings. The van der Waals surface area contributed by atoms with Crippen LogP contribution >= 0.6 is 0 Å². The summed E-state index contributed by atoms with van der Waals surface area (Å²) in [6.45, 7) is 2.07. The van der Waals surface area contributed by atoms with Gasteiger partial charge in [0.25, 0.3) is 0 Å². The first-order valence-electron chi connectivity index (χ1n) is 5.81. The van der Waals surface area contributed by atoms with Crippen molar-refractivity contribution in [2.45, 2.75) is 32.6 Å². The lowest BCUT2D eigenvalue weighted by atomic mass is 10.1. The van der Waals surface area contributed by atoms with Crippen molar-refractivity contribution in [1.29, 1.82) is 0 Å². The van der Waals surface area contributed by atoms with Crippen LogP contribution in [0.4, 0.5) is 0 Å². The normalized spacial score (nSPS) is 16.2. The molecular formula is C14H17NO. The van der Waals surface area contributed by atoms with Crippen molar-refractivity contribution in [2.24, 2.45) is 5.16 Å². The molecule has 0 aliphatic heterocycles. The zero-order valence-corrected chi connectivity index (χ0v) is 9.65. The number of benzene rings is 1. The summed E-state index contributed by atoms with van der Waals surface area (Å²) in [5, 5.41) is 4.01. The molecule has 2 nitrogen and oxygen atoms in total. The van der Waals surface area contributed by atoms with Gasteiger partial charge in [-0.3, -0.25) is 0 Å². The average molecular weight is 215 g/mol. The lowest BCUT2D eigenvalue weighted by Gasteiger charge is -2.09. The number of rotatable bonds is 3. The summed E-state index contributed by atoms with van der Waals surface area (Å²) in [6.07, 6.45) is 8.53. The van der Waals surface area contributed by atoms with Gasteiger partial charge in [0, 0.05) is 6.42 Å². The van der Waals surface area contributed by atoms with Gasteiger partial charge in [-0.2, -0.15) is 0 Å². The summed E-state index contributed by atoms with van der Waals surface area (Å²) in [6, 6.07) is 8.20. The molecule has 2 heteroatoms. The second kappa shape index (κ2) is 5.50. The van der Waals surface area contributed by atoms with Gasteiger partial charge in [0.05, 0.1) is 6.21 Å². The van der Waals surface area contributed by atoms with Gasteiger partial charge < -0.3 is 4.84 Å². The predicted octanol–water partition coefficient (Wildman–Crippen LogP) is 3.80. The van der Waals surface area contributed by atoms with Gasteiger partial charge in [-0.15, -0.1) is 0 Å². The van der Waals surface area contributed by atoms with Crippen molar-refractivity contribution in [3.63, 3.8) is 0 Å². The SMILES string of the molecule is Cc1cccc(C=NOC2=CCCCC2)c1. The molecule has 0 spiro atoms. The minimum absolute atomic E-state index is 1.01. The lowest BCUT2D eigenvalue weighted by molar-refractivity contribution is 0.210. The van der Waals surface area contributed by atoms with Crippen LogP contribution < -0.4 is 0 Å². The predicted molar refractivity (Wildman–Crippen MR) is 66.4 cm³/mol. The Morgan fingerprint density at radius 3 is 3.00 bits per heavy atom. The van der Waals surface area contributed by atoms with E-state index in [4.69, 9.17) is 4.84 Å². The summed E-state index contributed by atoms with van der Waals surface area (Å²) in [4.78, 5) is 5.36. The zero-order valence-electron chi connectivity index (χ0n) is 9.65. The Balaban J connectivity index is 1.92. The largest absolute Gasteiger partial charge is 0.362 e. The third-order valence-electron chi connectivity index (χ3n) is 2.66. The molecular weight excluding hydrogens is 198 g/mol. The number of hydrogen-bond acceptors (Lipinski definition) is 2. The topological polar surface area (TPSA) is 21.6 Å². The molecule has 0 fully saturated rings. The van der Waals surface area contributed by atoms with E-state index < -0.39 is 0 Å². The van der Waals surface area contributed by atoms with E-state index in [0.717, 1.165) is 24.2 Å². The highest BCUT2D eigenvalue weighted by molar-refractivity contribution is 5.79. The van der Waals surface area contributed by atoms with E-state index in [0.29, 0.717) is 0 Å². The molecule has 0 unspecified atom stereocenters. The Labute approximate surface area is 96.6 Å². The van der Waals surface area contributed by atoms with E-state index in [9.17, 15) is 0 Å².